The highest BCUT2D eigenvalue weighted by atomic mass is 19.3. The molecule has 0 amide bonds. The smallest absolute Gasteiger partial charge is 0.356 e. The van der Waals surface area contributed by atoms with Gasteiger partial charge in [-0.1, -0.05) is 0 Å². The molecule has 0 N–H and O–H groups in total. The molecule has 1 rings (SSSR count). The lowest BCUT2D eigenvalue weighted by atomic mass is 10.2. The van der Waals surface area contributed by atoms with Gasteiger partial charge in [0.2, 0.25) is 0 Å². The number of aryl methyl sites for hydroxylation is 1. The summed E-state index contributed by atoms with van der Waals surface area (Å²) in [5, 5.41) is 0. The summed E-state index contributed by atoms with van der Waals surface area (Å²) < 4.78 is 28.9. The number of esters is 1. The highest BCUT2D eigenvalue weighted by Crippen LogP contribution is 2.18. The number of rotatable bonds is 2. The third-order valence-electron chi connectivity index (χ3n) is 1.61. The molecule has 0 saturated heterocycles. The lowest BCUT2D eigenvalue weighted by molar-refractivity contribution is 0.0592. The quantitative estimate of drug-likeness (QED) is 0.688. The Balaban J connectivity index is 3.13. The van der Waals surface area contributed by atoms with Crippen molar-refractivity contribution >= 4 is 5.97 Å². The average Bonchev–Trinajstić information content (AvgIpc) is 2.15. The van der Waals surface area contributed by atoms with Crippen molar-refractivity contribution < 1.29 is 18.3 Å². The van der Waals surface area contributed by atoms with Crippen molar-refractivity contribution in [1.82, 2.24) is 4.98 Å². The van der Waals surface area contributed by atoms with Gasteiger partial charge in [0.25, 0.3) is 6.43 Å². The normalized spacial score (nSPS) is 10.4. The minimum atomic E-state index is -2.68. The van der Waals surface area contributed by atoms with Crippen molar-refractivity contribution in [1.29, 1.82) is 0 Å². The van der Waals surface area contributed by atoms with Crippen LogP contribution in [0.15, 0.2) is 12.1 Å². The molecule has 0 aliphatic heterocycles. The van der Waals surface area contributed by atoms with E-state index in [4.69, 9.17) is 0 Å². The van der Waals surface area contributed by atoms with E-state index >= 15 is 0 Å². The maximum Gasteiger partial charge on any atom is 0.356 e. The number of pyridine rings is 1. The van der Waals surface area contributed by atoms with E-state index in [1.807, 2.05) is 0 Å². The van der Waals surface area contributed by atoms with Crippen LogP contribution in [0.25, 0.3) is 0 Å². The van der Waals surface area contributed by atoms with Gasteiger partial charge < -0.3 is 4.74 Å². The van der Waals surface area contributed by atoms with E-state index in [9.17, 15) is 13.6 Å². The molecule has 1 aromatic rings. The summed E-state index contributed by atoms with van der Waals surface area (Å²) in [4.78, 5) is 14.5. The standard InChI is InChI=1S/C9H9F2NO2/c1-5-3-6(8(10)11)12-7(4-5)9(13)14-2/h3-4,8H,1-2H3. The zero-order chi connectivity index (χ0) is 10.7. The molecule has 0 bridgehead atoms. The van der Waals surface area contributed by atoms with E-state index in [-0.39, 0.29) is 5.69 Å². The Morgan fingerprint density at radius 3 is 2.64 bits per heavy atom. The molecule has 5 heteroatoms. The van der Waals surface area contributed by atoms with Crippen molar-refractivity contribution in [3.63, 3.8) is 0 Å². The molecule has 0 aliphatic rings. The van der Waals surface area contributed by atoms with Crippen molar-refractivity contribution in [2.45, 2.75) is 13.3 Å². The van der Waals surface area contributed by atoms with Crippen LogP contribution >= 0.6 is 0 Å². The van der Waals surface area contributed by atoms with Gasteiger partial charge in [-0.3, -0.25) is 0 Å². The van der Waals surface area contributed by atoms with E-state index in [1.165, 1.54) is 19.2 Å². The van der Waals surface area contributed by atoms with E-state index in [2.05, 4.69) is 9.72 Å². The Morgan fingerprint density at radius 2 is 2.14 bits per heavy atom. The second-order valence-electron chi connectivity index (χ2n) is 2.75. The first-order valence-corrected chi connectivity index (χ1v) is 3.89. The molecule has 0 unspecified atom stereocenters. The molecule has 0 fully saturated rings. The van der Waals surface area contributed by atoms with E-state index in [0.717, 1.165) is 0 Å². The number of ether oxygens (including phenoxy) is 1. The number of nitrogens with zero attached hydrogens (tertiary/aromatic N) is 1. The summed E-state index contributed by atoms with van der Waals surface area (Å²) in [7, 11) is 1.17. The zero-order valence-electron chi connectivity index (χ0n) is 7.75. The molecule has 1 aromatic heterocycles. The predicted molar refractivity (Wildman–Crippen MR) is 45.3 cm³/mol. The molecular formula is C9H9F2NO2. The third kappa shape index (κ3) is 2.25. The van der Waals surface area contributed by atoms with Crippen LogP contribution in [-0.2, 0) is 4.74 Å². The van der Waals surface area contributed by atoms with Crippen molar-refractivity contribution in [2.24, 2.45) is 0 Å². The molecule has 0 saturated carbocycles. The second kappa shape index (κ2) is 4.13. The van der Waals surface area contributed by atoms with Gasteiger partial charge >= 0.3 is 5.97 Å². The monoisotopic (exact) mass is 201 g/mol. The molecule has 1 heterocycles. The lowest BCUT2D eigenvalue weighted by Gasteiger charge is -2.04. The van der Waals surface area contributed by atoms with Crippen LogP contribution in [0.2, 0.25) is 0 Å². The highest BCUT2D eigenvalue weighted by molar-refractivity contribution is 5.87. The highest BCUT2D eigenvalue weighted by Gasteiger charge is 2.14. The fraction of sp³-hybridized carbons (Fsp3) is 0.333. The van der Waals surface area contributed by atoms with Crippen LogP contribution in [-0.4, -0.2) is 18.1 Å². The Bertz CT molecular complexity index is 353. The maximum atomic E-state index is 12.3. The van der Waals surface area contributed by atoms with Crippen LogP contribution < -0.4 is 0 Å². The summed E-state index contributed by atoms with van der Waals surface area (Å²) >= 11 is 0. The molecule has 76 valence electrons. The van der Waals surface area contributed by atoms with Gasteiger partial charge in [0.05, 0.1) is 7.11 Å². The lowest BCUT2D eigenvalue weighted by Crippen LogP contribution is -2.07. The van der Waals surface area contributed by atoms with E-state index < -0.39 is 18.1 Å². The van der Waals surface area contributed by atoms with Crippen molar-refractivity contribution in [3.8, 4) is 0 Å². The van der Waals surface area contributed by atoms with Gasteiger partial charge in [-0.2, -0.15) is 0 Å². The number of halogens is 2. The van der Waals surface area contributed by atoms with Crippen LogP contribution in [0.4, 0.5) is 8.78 Å². The first-order chi connectivity index (χ1) is 6.54. The van der Waals surface area contributed by atoms with Crippen LogP contribution in [0.3, 0.4) is 0 Å². The fourth-order valence-corrected chi connectivity index (χ4v) is 1.02. The summed E-state index contributed by atoms with van der Waals surface area (Å²) in [6.45, 7) is 1.61. The van der Waals surface area contributed by atoms with E-state index in [1.54, 1.807) is 6.92 Å². The van der Waals surface area contributed by atoms with Gasteiger partial charge in [-0.05, 0) is 24.6 Å². The number of hydrogen-bond acceptors (Lipinski definition) is 3. The van der Waals surface area contributed by atoms with Gasteiger partial charge in [0.15, 0.2) is 0 Å². The van der Waals surface area contributed by atoms with Crippen LogP contribution in [0, 0.1) is 6.92 Å². The summed E-state index contributed by atoms with van der Waals surface area (Å²) in [6.07, 6.45) is -2.68. The SMILES string of the molecule is COC(=O)c1cc(C)cc(C(F)F)n1. The molecule has 0 spiro atoms. The molecule has 0 atom stereocenters. The van der Waals surface area contributed by atoms with Crippen molar-refractivity contribution in [3.05, 3.63) is 29.1 Å². The largest absolute Gasteiger partial charge is 0.464 e. The first kappa shape index (κ1) is 10.6. The number of aromatic nitrogens is 1. The molecule has 14 heavy (non-hydrogen) atoms. The molecular weight excluding hydrogens is 192 g/mol. The van der Waals surface area contributed by atoms with Gasteiger partial charge in [0.1, 0.15) is 11.4 Å². The molecule has 3 nitrogen and oxygen atoms in total. The van der Waals surface area contributed by atoms with E-state index in [0.29, 0.717) is 5.56 Å². The summed E-state index contributed by atoms with van der Waals surface area (Å²) in [5.41, 5.74) is 0.0453. The number of hydrogen-bond donors (Lipinski definition) is 0. The van der Waals surface area contributed by atoms with Crippen LogP contribution in [0.5, 0.6) is 0 Å². The number of methoxy groups -OCH3 is 1. The topological polar surface area (TPSA) is 39.2 Å². The van der Waals surface area contributed by atoms with Gasteiger partial charge in [-0.25, -0.2) is 18.6 Å². The zero-order valence-corrected chi connectivity index (χ0v) is 7.75. The predicted octanol–water partition coefficient (Wildman–Crippen LogP) is 2.11. The Hall–Kier alpha value is -1.52. The Labute approximate surface area is 79.7 Å². The Morgan fingerprint density at radius 1 is 1.50 bits per heavy atom. The minimum absolute atomic E-state index is 0.0946. The average molecular weight is 201 g/mol. The fourth-order valence-electron chi connectivity index (χ4n) is 1.02. The third-order valence-corrected chi connectivity index (χ3v) is 1.61. The number of alkyl halides is 2. The molecule has 0 aliphatic carbocycles. The Kier molecular flexibility index (Phi) is 3.11. The van der Waals surface area contributed by atoms with Gasteiger partial charge in [-0.15, -0.1) is 0 Å². The molecule has 0 radical (unpaired) electrons. The minimum Gasteiger partial charge on any atom is -0.464 e. The number of carbonyl (C=O) groups is 1. The molecule has 0 aromatic carbocycles. The number of carbonyl (C=O) groups excluding carboxylic acids is 1. The van der Waals surface area contributed by atoms with Crippen molar-refractivity contribution in [2.75, 3.05) is 7.11 Å². The van der Waals surface area contributed by atoms with Crippen LogP contribution in [0.1, 0.15) is 28.2 Å². The maximum absolute atomic E-state index is 12.3. The summed E-state index contributed by atoms with van der Waals surface area (Å²) in [6, 6.07) is 2.63. The first-order valence-electron chi connectivity index (χ1n) is 3.89. The van der Waals surface area contributed by atoms with Gasteiger partial charge in [0, 0.05) is 0 Å². The second-order valence-corrected chi connectivity index (χ2v) is 2.75. The summed E-state index contributed by atoms with van der Waals surface area (Å²) in [5.74, 6) is -0.712.